The van der Waals surface area contributed by atoms with E-state index >= 15 is 0 Å². The molecule has 2 nitrogen and oxygen atoms in total. The third-order valence-corrected chi connectivity index (χ3v) is 4.49. The van der Waals surface area contributed by atoms with Crippen molar-refractivity contribution in [3.63, 3.8) is 0 Å². The van der Waals surface area contributed by atoms with Gasteiger partial charge in [-0.15, -0.1) is 24.2 Å². The fourth-order valence-electron chi connectivity index (χ4n) is 1.96. The predicted octanol–water partition coefficient (Wildman–Crippen LogP) is 4.41. The lowest BCUT2D eigenvalue weighted by atomic mass is 9.91. The van der Waals surface area contributed by atoms with Gasteiger partial charge in [0, 0.05) is 9.64 Å². The van der Waals surface area contributed by atoms with Gasteiger partial charge in [-0.1, -0.05) is 59.2 Å². The Hall–Kier alpha value is -0.220. The van der Waals surface area contributed by atoms with Gasteiger partial charge in [0.05, 0.1) is 12.1 Å². The summed E-state index contributed by atoms with van der Waals surface area (Å²) >= 11 is 1.80. The maximum atomic E-state index is 10.3. The second kappa shape index (κ2) is 8.28. The maximum Gasteiger partial charge on any atom is 0.0758 e. The van der Waals surface area contributed by atoms with Crippen LogP contribution in [0.25, 0.3) is 0 Å². The Kier molecular flexibility index (Phi) is 8.19. The van der Waals surface area contributed by atoms with Crippen molar-refractivity contribution in [1.29, 1.82) is 0 Å². The SMILES string of the molecule is CCC(C)[C@H](O)[C@H](N)c1ccccc1SC(C)(C)C.Cl. The van der Waals surface area contributed by atoms with Crippen molar-refractivity contribution in [2.45, 2.75) is 62.8 Å². The molecule has 0 aliphatic rings. The molecule has 0 aliphatic carbocycles. The van der Waals surface area contributed by atoms with E-state index in [4.69, 9.17) is 5.73 Å². The Bertz CT molecular complexity index is 406. The van der Waals surface area contributed by atoms with Crippen LogP contribution in [0, 0.1) is 5.92 Å². The summed E-state index contributed by atoms with van der Waals surface area (Å²) in [6.45, 7) is 10.7. The summed E-state index contributed by atoms with van der Waals surface area (Å²) in [6, 6.07) is 7.82. The number of nitrogens with two attached hydrogens (primary N) is 1. The van der Waals surface area contributed by atoms with Gasteiger partial charge in [-0.25, -0.2) is 0 Å². The Balaban J connectivity index is 0.00000361. The van der Waals surface area contributed by atoms with Gasteiger partial charge in [0.1, 0.15) is 0 Å². The first-order chi connectivity index (χ1) is 8.76. The molecule has 0 heterocycles. The molecule has 1 rings (SSSR count). The van der Waals surface area contributed by atoms with E-state index in [9.17, 15) is 5.11 Å². The van der Waals surface area contributed by atoms with Gasteiger partial charge in [-0.3, -0.25) is 0 Å². The zero-order valence-electron chi connectivity index (χ0n) is 13.1. The van der Waals surface area contributed by atoms with Gasteiger partial charge in [0.15, 0.2) is 0 Å². The number of hydrogen-bond acceptors (Lipinski definition) is 3. The monoisotopic (exact) mass is 317 g/mol. The van der Waals surface area contributed by atoms with E-state index in [-0.39, 0.29) is 29.1 Å². The fourth-order valence-corrected chi connectivity index (χ4v) is 3.09. The zero-order valence-corrected chi connectivity index (χ0v) is 14.7. The van der Waals surface area contributed by atoms with Crippen LogP contribution in [0.5, 0.6) is 0 Å². The highest BCUT2D eigenvalue weighted by Gasteiger charge is 2.25. The number of aliphatic hydroxyl groups excluding tert-OH is 1. The Morgan fingerprint density at radius 3 is 2.30 bits per heavy atom. The molecule has 20 heavy (non-hydrogen) atoms. The molecule has 0 amide bonds. The lowest BCUT2D eigenvalue weighted by Crippen LogP contribution is -2.32. The van der Waals surface area contributed by atoms with E-state index in [1.54, 1.807) is 11.8 Å². The summed E-state index contributed by atoms with van der Waals surface area (Å²) in [5.74, 6) is 0.211. The topological polar surface area (TPSA) is 46.2 Å². The highest BCUT2D eigenvalue weighted by molar-refractivity contribution is 8.00. The number of hydrogen-bond donors (Lipinski definition) is 2. The van der Waals surface area contributed by atoms with Crippen LogP contribution in [-0.2, 0) is 0 Å². The third-order valence-electron chi connectivity index (χ3n) is 3.29. The molecular weight excluding hydrogens is 290 g/mol. The smallest absolute Gasteiger partial charge is 0.0758 e. The summed E-state index contributed by atoms with van der Waals surface area (Å²) < 4.78 is 0.136. The van der Waals surface area contributed by atoms with E-state index in [1.807, 2.05) is 25.1 Å². The molecule has 1 unspecified atom stereocenters. The van der Waals surface area contributed by atoms with Gasteiger partial charge in [-0.05, 0) is 17.5 Å². The van der Waals surface area contributed by atoms with Gasteiger partial charge in [0.2, 0.25) is 0 Å². The van der Waals surface area contributed by atoms with E-state index in [0.29, 0.717) is 0 Å². The highest BCUT2D eigenvalue weighted by atomic mass is 35.5. The van der Waals surface area contributed by atoms with Crippen molar-refractivity contribution in [2.75, 3.05) is 0 Å². The van der Waals surface area contributed by atoms with E-state index < -0.39 is 6.10 Å². The van der Waals surface area contributed by atoms with Gasteiger partial charge < -0.3 is 10.8 Å². The Morgan fingerprint density at radius 2 is 1.80 bits per heavy atom. The van der Waals surface area contributed by atoms with Crippen LogP contribution in [0.4, 0.5) is 0 Å². The fraction of sp³-hybridized carbons (Fsp3) is 0.625. The number of thioether (sulfide) groups is 1. The molecule has 3 N–H and O–H groups in total. The molecule has 0 aromatic heterocycles. The van der Waals surface area contributed by atoms with E-state index in [1.165, 1.54) is 4.90 Å². The lowest BCUT2D eigenvalue weighted by Gasteiger charge is -2.27. The standard InChI is InChI=1S/C16H27NOS.ClH/c1-6-11(2)15(18)14(17)12-9-7-8-10-13(12)19-16(3,4)5;/h7-11,14-15,18H,6,17H2,1-5H3;1H/t11?,14-,15+;/m1./s1. The number of aliphatic hydroxyl groups is 1. The van der Waals surface area contributed by atoms with Crippen LogP contribution in [0.15, 0.2) is 29.2 Å². The van der Waals surface area contributed by atoms with Crippen LogP contribution >= 0.6 is 24.2 Å². The van der Waals surface area contributed by atoms with Crippen molar-refractivity contribution >= 4 is 24.2 Å². The molecule has 116 valence electrons. The summed E-state index contributed by atoms with van der Waals surface area (Å²) in [5, 5.41) is 10.3. The largest absolute Gasteiger partial charge is 0.391 e. The normalized spacial score (nSPS) is 16.1. The Morgan fingerprint density at radius 1 is 1.25 bits per heavy atom. The quantitative estimate of drug-likeness (QED) is 0.791. The first-order valence-electron chi connectivity index (χ1n) is 6.98. The zero-order chi connectivity index (χ0) is 14.6. The van der Waals surface area contributed by atoms with Crippen LogP contribution in [0.3, 0.4) is 0 Å². The number of rotatable bonds is 5. The van der Waals surface area contributed by atoms with Crippen molar-refractivity contribution < 1.29 is 5.11 Å². The summed E-state index contributed by atoms with van der Waals surface area (Å²) in [7, 11) is 0. The van der Waals surface area contributed by atoms with Crippen LogP contribution < -0.4 is 5.73 Å². The van der Waals surface area contributed by atoms with Crippen molar-refractivity contribution in [3.05, 3.63) is 29.8 Å². The lowest BCUT2D eigenvalue weighted by molar-refractivity contribution is 0.0872. The average Bonchev–Trinajstić information content (AvgIpc) is 2.35. The molecule has 0 saturated carbocycles. The summed E-state index contributed by atoms with van der Waals surface area (Å²) in [6.07, 6.45) is 0.440. The van der Waals surface area contributed by atoms with Crippen LogP contribution in [-0.4, -0.2) is 16.0 Å². The molecule has 0 spiro atoms. The number of halogens is 1. The molecule has 0 radical (unpaired) electrons. The van der Waals surface area contributed by atoms with E-state index in [0.717, 1.165) is 12.0 Å². The molecule has 1 aromatic rings. The molecule has 3 atom stereocenters. The molecule has 1 aromatic carbocycles. The van der Waals surface area contributed by atoms with E-state index in [2.05, 4.69) is 33.8 Å². The van der Waals surface area contributed by atoms with Crippen LogP contribution in [0.1, 0.15) is 52.6 Å². The summed E-state index contributed by atoms with van der Waals surface area (Å²) in [5.41, 5.74) is 7.32. The van der Waals surface area contributed by atoms with Crippen molar-refractivity contribution in [2.24, 2.45) is 11.7 Å². The molecule has 0 saturated heterocycles. The van der Waals surface area contributed by atoms with Gasteiger partial charge in [-0.2, -0.15) is 0 Å². The molecule has 0 fully saturated rings. The second-order valence-corrected chi connectivity index (χ2v) is 8.02. The molecule has 4 heteroatoms. The van der Waals surface area contributed by atoms with Gasteiger partial charge >= 0.3 is 0 Å². The maximum absolute atomic E-state index is 10.3. The minimum absolute atomic E-state index is 0. The second-order valence-electron chi connectivity index (χ2n) is 6.15. The minimum Gasteiger partial charge on any atom is -0.391 e. The first kappa shape index (κ1) is 19.8. The number of benzene rings is 1. The minimum atomic E-state index is -0.494. The van der Waals surface area contributed by atoms with Crippen LogP contribution in [0.2, 0.25) is 0 Å². The molecule has 0 aliphatic heterocycles. The Labute approximate surface area is 133 Å². The van der Waals surface area contributed by atoms with Gasteiger partial charge in [0.25, 0.3) is 0 Å². The van der Waals surface area contributed by atoms with Crippen molar-refractivity contribution in [3.8, 4) is 0 Å². The first-order valence-corrected chi connectivity index (χ1v) is 7.79. The highest BCUT2D eigenvalue weighted by Crippen LogP contribution is 2.37. The average molecular weight is 318 g/mol. The third kappa shape index (κ3) is 5.65. The molecular formula is C16H28ClNOS. The predicted molar refractivity (Wildman–Crippen MR) is 91.7 cm³/mol. The molecule has 0 bridgehead atoms. The van der Waals surface area contributed by atoms with Crippen molar-refractivity contribution in [1.82, 2.24) is 0 Å². The summed E-state index contributed by atoms with van der Waals surface area (Å²) in [4.78, 5) is 1.17.